The van der Waals surface area contributed by atoms with Crippen molar-refractivity contribution in [2.45, 2.75) is 26.7 Å². The van der Waals surface area contributed by atoms with Gasteiger partial charge in [0.25, 0.3) is 0 Å². The van der Waals surface area contributed by atoms with Crippen molar-refractivity contribution >= 4 is 21.9 Å². The molecule has 1 aromatic carbocycles. The molecule has 2 aromatic heterocycles. The quantitative estimate of drug-likeness (QED) is 0.757. The Labute approximate surface area is 110 Å². The summed E-state index contributed by atoms with van der Waals surface area (Å²) in [6, 6.07) is 3.71. The predicted molar refractivity (Wildman–Crippen MR) is 72.5 cm³/mol. The molecule has 0 unspecified atom stereocenters. The summed E-state index contributed by atoms with van der Waals surface area (Å²) in [6.07, 6.45) is 1.34. The summed E-state index contributed by atoms with van der Waals surface area (Å²) in [5.41, 5.74) is 2.18. The Hall–Kier alpha value is -1.94. The normalized spacial score (nSPS) is 11.7. The minimum Gasteiger partial charge on any atom is -0.504 e. The number of fused-ring (bicyclic) bond motifs is 2. The first-order valence-corrected chi connectivity index (χ1v) is 6.36. The molecule has 0 saturated heterocycles. The van der Waals surface area contributed by atoms with Gasteiger partial charge in [-0.3, -0.25) is 0 Å². The van der Waals surface area contributed by atoms with Gasteiger partial charge in [0.05, 0.1) is 5.39 Å². The summed E-state index contributed by atoms with van der Waals surface area (Å²) in [5.74, 6) is 1.63. The molecular formula is C15H16O4. The Morgan fingerprint density at radius 3 is 2.32 bits per heavy atom. The maximum absolute atomic E-state index is 10.3. The van der Waals surface area contributed by atoms with Crippen LogP contribution in [0.1, 0.15) is 23.5 Å². The number of aliphatic hydroxyl groups is 1. The molecule has 19 heavy (non-hydrogen) atoms. The Bertz CT molecular complexity index is 691. The van der Waals surface area contributed by atoms with Gasteiger partial charge in [0, 0.05) is 17.6 Å². The Kier molecular flexibility index (Phi) is 2.75. The van der Waals surface area contributed by atoms with E-state index in [4.69, 9.17) is 13.9 Å². The molecular weight excluding hydrogens is 244 g/mol. The predicted octanol–water partition coefficient (Wildman–Crippen LogP) is 3.43. The number of hydrogen-bond acceptors (Lipinski definition) is 4. The van der Waals surface area contributed by atoms with Gasteiger partial charge in [-0.05, 0) is 38.8 Å². The lowest BCUT2D eigenvalue weighted by molar-refractivity contribution is 0.288. The van der Waals surface area contributed by atoms with E-state index in [-0.39, 0.29) is 12.4 Å². The van der Waals surface area contributed by atoms with Crippen molar-refractivity contribution in [3.63, 3.8) is 0 Å². The lowest BCUT2D eigenvalue weighted by Crippen LogP contribution is -1.91. The van der Waals surface area contributed by atoms with Crippen LogP contribution < -0.4 is 0 Å². The highest BCUT2D eigenvalue weighted by molar-refractivity contribution is 6.04. The molecule has 0 atom stereocenters. The molecule has 0 amide bonds. The third-order valence-electron chi connectivity index (χ3n) is 3.36. The van der Waals surface area contributed by atoms with Crippen molar-refractivity contribution in [1.82, 2.24) is 0 Å². The van der Waals surface area contributed by atoms with E-state index in [2.05, 4.69) is 0 Å². The number of hydrogen-bond donors (Lipinski definition) is 2. The van der Waals surface area contributed by atoms with Crippen LogP contribution in [0.15, 0.2) is 21.0 Å². The van der Waals surface area contributed by atoms with Gasteiger partial charge in [-0.25, -0.2) is 0 Å². The largest absolute Gasteiger partial charge is 0.504 e. The lowest BCUT2D eigenvalue weighted by Gasteiger charge is -2.05. The zero-order valence-corrected chi connectivity index (χ0v) is 11.0. The molecule has 0 spiro atoms. The number of aryl methyl sites for hydroxylation is 3. The van der Waals surface area contributed by atoms with E-state index in [1.807, 2.05) is 26.0 Å². The smallest absolute Gasteiger partial charge is 0.177 e. The topological polar surface area (TPSA) is 66.7 Å². The first-order valence-electron chi connectivity index (χ1n) is 6.36. The van der Waals surface area contributed by atoms with Crippen LogP contribution in [-0.2, 0) is 6.42 Å². The third-order valence-corrected chi connectivity index (χ3v) is 3.36. The maximum atomic E-state index is 10.3. The first kappa shape index (κ1) is 12.1. The number of phenolic OH excluding ortho intramolecular Hbond substituents is 1. The standard InChI is InChI=1S/C15H16O4/c1-8-6-11-10(4-3-5-16)14-12(7-9(2)18-14)13(17)15(11)19-8/h6-7,16-17H,3-5H2,1-2H3. The minimum absolute atomic E-state index is 0.125. The molecule has 0 fully saturated rings. The average Bonchev–Trinajstić information content (AvgIpc) is 2.93. The molecule has 0 aliphatic carbocycles. The molecule has 100 valence electrons. The van der Waals surface area contributed by atoms with E-state index in [9.17, 15) is 5.11 Å². The van der Waals surface area contributed by atoms with E-state index in [1.165, 1.54) is 0 Å². The van der Waals surface area contributed by atoms with E-state index in [0.29, 0.717) is 29.4 Å². The van der Waals surface area contributed by atoms with Crippen LogP contribution in [0.25, 0.3) is 21.9 Å². The number of phenols is 1. The number of aliphatic hydroxyl groups excluding tert-OH is 1. The van der Waals surface area contributed by atoms with Crippen LogP contribution in [0, 0.1) is 13.8 Å². The Balaban J connectivity index is 2.40. The number of aromatic hydroxyl groups is 1. The van der Waals surface area contributed by atoms with Crippen LogP contribution in [0.4, 0.5) is 0 Å². The maximum Gasteiger partial charge on any atom is 0.177 e. The molecule has 3 rings (SSSR count). The highest BCUT2D eigenvalue weighted by Crippen LogP contribution is 2.40. The molecule has 3 aromatic rings. The van der Waals surface area contributed by atoms with E-state index < -0.39 is 0 Å². The summed E-state index contributed by atoms with van der Waals surface area (Å²) in [6.45, 7) is 3.82. The van der Waals surface area contributed by atoms with E-state index in [0.717, 1.165) is 22.5 Å². The van der Waals surface area contributed by atoms with Crippen molar-refractivity contribution < 1.29 is 19.0 Å². The molecule has 4 nitrogen and oxygen atoms in total. The molecule has 2 heterocycles. The van der Waals surface area contributed by atoms with Gasteiger partial charge in [0.15, 0.2) is 11.3 Å². The number of benzene rings is 1. The molecule has 4 heteroatoms. The fourth-order valence-electron chi connectivity index (χ4n) is 2.58. The van der Waals surface area contributed by atoms with Gasteiger partial charge in [0.1, 0.15) is 17.1 Å². The molecule has 2 N–H and O–H groups in total. The van der Waals surface area contributed by atoms with Gasteiger partial charge in [0.2, 0.25) is 0 Å². The third kappa shape index (κ3) is 1.79. The fraction of sp³-hybridized carbons (Fsp3) is 0.333. The average molecular weight is 260 g/mol. The van der Waals surface area contributed by atoms with Crippen LogP contribution >= 0.6 is 0 Å². The van der Waals surface area contributed by atoms with Crippen molar-refractivity contribution in [1.29, 1.82) is 0 Å². The number of furan rings is 2. The lowest BCUT2D eigenvalue weighted by atomic mass is 10.0. The summed E-state index contributed by atoms with van der Waals surface area (Å²) in [4.78, 5) is 0. The fourth-order valence-corrected chi connectivity index (χ4v) is 2.58. The summed E-state index contributed by atoms with van der Waals surface area (Å²) < 4.78 is 11.3. The summed E-state index contributed by atoms with van der Waals surface area (Å²) >= 11 is 0. The second-order valence-corrected chi connectivity index (χ2v) is 4.85. The van der Waals surface area contributed by atoms with Crippen LogP contribution in [0.5, 0.6) is 5.75 Å². The molecule has 0 radical (unpaired) electrons. The van der Waals surface area contributed by atoms with E-state index in [1.54, 1.807) is 0 Å². The zero-order chi connectivity index (χ0) is 13.6. The SMILES string of the molecule is Cc1cc2c(CCCO)c3oc(C)cc3c(O)c2o1. The van der Waals surface area contributed by atoms with E-state index >= 15 is 0 Å². The van der Waals surface area contributed by atoms with Crippen molar-refractivity contribution in [2.24, 2.45) is 0 Å². The molecule has 0 aliphatic heterocycles. The van der Waals surface area contributed by atoms with Crippen molar-refractivity contribution in [3.05, 3.63) is 29.2 Å². The van der Waals surface area contributed by atoms with Gasteiger partial charge in [-0.1, -0.05) is 0 Å². The van der Waals surface area contributed by atoms with Gasteiger partial charge in [-0.15, -0.1) is 0 Å². The summed E-state index contributed by atoms with van der Waals surface area (Å²) in [7, 11) is 0. The van der Waals surface area contributed by atoms with Crippen LogP contribution in [0.3, 0.4) is 0 Å². The van der Waals surface area contributed by atoms with Crippen LogP contribution in [-0.4, -0.2) is 16.8 Å². The van der Waals surface area contributed by atoms with Gasteiger partial charge in [-0.2, -0.15) is 0 Å². The molecule has 0 saturated carbocycles. The highest BCUT2D eigenvalue weighted by atomic mass is 16.4. The first-order chi connectivity index (χ1) is 9.11. The zero-order valence-electron chi connectivity index (χ0n) is 11.0. The van der Waals surface area contributed by atoms with Crippen molar-refractivity contribution in [2.75, 3.05) is 6.61 Å². The Morgan fingerprint density at radius 2 is 1.63 bits per heavy atom. The van der Waals surface area contributed by atoms with Crippen LogP contribution in [0.2, 0.25) is 0 Å². The van der Waals surface area contributed by atoms with Gasteiger partial charge >= 0.3 is 0 Å². The molecule has 0 aliphatic rings. The second-order valence-electron chi connectivity index (χ2n) is 4.85. The number of rotatable bonds is 3. The second kappa shape index (κ2) is 4.31. The highest BCUT2D eigenvalue weighted by Gasteiger charge is 2.19. The van der Waals surface area contributed by atoms with Crippen molar-refractivity contribution in [3.8, 4) is 5.75 Å². The van der Waals surface area contributed by atoms with Gasteiger partial charge < -0.3 is 19.0 Å². The molecule has 0 bridgehead atoms. The Morgan fingerprint density at radius 1 is 1.00 bits per heavy atom. The monoisotopic (exact) mass is 260 g/mol. The summed E-state index contributed by atoms with van der Waals surface area (Å²) in [5, 5.41) is 20.9. The minimum atomic E-state index is 0.125.